The standard InChI is InChI=1S/C10H10IN3O2S/c1-5(2)8-12-10(16-14-8)13-9(15)6-3-7(11)17-4-6/h3-5H,1-2H3,(H,12,13,14,15). The van der Waals surface area contributed by atoms with Crippen molar-refractivity contribution in [2.24, 2.45) is 0 Å². The van der Waals surface area contributed by atoms with Gasteiger partial charge in [-0.25, -0.2) is 0 Å². The monoisotopic (exact) mass is 363 g/mol. The second kappa shape index (κ2) is 5.13. The van der Waals surface area contributed by atoms with Crippen molar-refractivity contribution in [1.82, 2.24) is 10.1 Å². The Morgan fingerprint density at radius 1 is 1.59 bits per heavy atom. The van der Waals surface area contributed by atoms with Gasteiger partial charge in [-0.05, 0) is 28.7 Å². The second-order valence-corrected chi connectivity index (χ2v) is 6.51. The summed E-state index contributed by atoms with van der Waals surface area (Å²) in [6.07, 6.45) is 0. The minimum absolute atomic E-state index is 0.139. The van der Waals surface area contributed by atoms with Gasteiger partial charge in [0.2, 0.25) is 0 Å². The van der Waals surface area contributed by atoms with Crippen molar-refractivity contribution in [2.75, 3.05) is 5.32 Å². The molecule has 0 atom stereocenters. The van der Waals surface area contributed by atoms with E-state index in [0.29, 0.717) is 11.4 Å². The van der Waals surface area contributed by atoms with Crippen molar-refractivity contribution >= 4 is 45.8 Å². The first kappa shape index (κ1) is 12.5. The zero-order chi connectivity index (χ0) is 12.4. The lowest BCUT2D eigenvalue weighted by molar-refractivity contribution is 0.102. The summed E-state index contributed by atoms with van der Waals surface area (Å²) in [6.45, 7) is 3.91. The van der Waals surface area contributed by atoms with E-state index in [-0.39, 0.29) is 17.8 Å². The first-order valence-electron chi connectivity index (χ1n) is 4.95. The fraction of sp³-hybridized carbons (Fsp3) is 0.300. The molecule has 0 saturated carbocycles. The highest BCUT2D eigenvalue weighted by Crippen LogP contribution is 2.18. The molecule has 2 rings (SSSR count). The number of nitrogens with one attached hydrogen (secondary N) is 1. The molecule has 0 aromatic carbocycles. The van der Waals surface area contributed by atoms with E-state index in [1.807, 2.05) is 13.8 Å². The molecule has 2 aromatic rings. The number of carbonyl (C=O) groups excluding carboxylic acids is 1. The third kappa shape index (κ3) is 3.03. The van der Waals surface area contributed by atoms with Crippen molar-refractivity contribution in [3.8, 4) is 0 Å². The van der Waals surface area contributed by atoms with Gasteiger partial charge in [0.25, 0.3) is 5.91 Å². The average Bonchev–Trinajstić information content (AvgIpc) is 2.86. The third-order valence-electron chi connectivity index (χ3n) is 2.01. The summed E-state index contributed by atoms with van der Waals surface area (Å²) in [5.74, 6) is 0.523. The molecule has 0 radical (unpaired) electrons. The number of rotatable bonds is 3. The molecular weight excluding hydrogens is 353 g/mol. The Labute approximate surface area is 116 Å². The first-order chi connectivity index (χ1) is 8.06. The number of halogens is 1. The van der Waals surface area contributed by atoms with E-state index in [0.717, 1.165) is 2.88 Å². The Morgan fingerprint density at radius 3 is 2.88 bits per heavy atom. The molecule has 0 aliphatic heterocycles. The van der Waals surface area contributed by atoms with E-state index in [1.54, 1.807) is 11.4 Å². The normalized spacial score (nSPS) is 10.8. The zero-order valence-electron chi connectivity index (χ0n) is 9.23. The van der Waals surface area contributed by atoms with E-state index < -0.39 is 0 Å². The van der Waals surface area contributed by atoms with Gasteiger partial charge in [0.1, 0.15) is 0 Å². The fourth-order valence-electron chi connectivity index (χ4n) is 1.12. The van der Waals surface area contributed by atoms with Crippen LogP contribution in [-0.2, 0) is 0 Å². The smallest absolute Gasteiger partial charge is 0.315 e. The number of thiophene rings is 1. The number of aromatic nitrogens is 2. The lowest BCUT2D eigenvalue weighted by Crippen LogP contribution is -2.11. The molecule has 0 spiro atoms. The van der Waals surface area contributed by atoms with Crippen molar-refractivity contribution in [3.05, 3.63) is 25.7 Å². The van der Waals surface area contributed by atoms with Crippen LogP contribution in [0.5, 0.6) is 0 Å². The topological polar surface area (TPSA) is 68.0 Å². The van der Waals surface area contributed by atoms with Crippen molar-refractivity contribution in [2.45, 2.75) is 19.8 Å². The molecule has 1 N–H and O–H groups in total. The Balaban J connectivity index is 2.07. The van der Waals surface area contributed by atoms with Gasteiger partial charge >= 0.3 is 6.01 Å². The Kier molecular flexibility index (Phi) is 3.77. The predicted molar refractivity (Wildman–Crippen MR) is 73.4 cm³/mol. The molecule has 7 heteroatoms. The summed E-state index contributed by atoms with van der Waals surface area (Å²) in [6, 6.07) is 1.94. The Bertz CT molecular complexity index is 535. The predicted octanol–water partition coefficient (Wildman–Crippen LogP) is 3.11. The molecule has 90 valence electrons. The number of amides is 1. The molecule has 17 heavy (non-hydrogen) atoms. The van der Waals surface area contributed by atoms with Gasteiger partial charge in [0.15, 0.2) is 5.82 Å². The van der Waals surface area contributed by atoms with Crippen LogP contribution in [0.15, 0.2) is 16.0 Å². The Hall–Kier alpha value is -0.960. The molecule has 2 heterocycles. The van der Waals surface area contributed by atoms with Crippen LogP contribution in [0.2, 0.25) is 0 Å². The lowest BCUT2D eigenvalue weighted by atomic mass is 10.2. The number of hydrogen-bond acceptors (Lipinski definition) is 5. The highest BCUT2D eigenvalue weighted by molar-refractivity contribution is 14.1. The maximum absolute atomic E-state index is 11.8. The molecular formula is C10H10IN3O2S. The van der Waals surface area contributed by atoms with Crippen molar-refractivity contribution in [3.63, 3.8) is 0 Å². The molecule has 0 aliphatic carbocycles. The Morgan fingerprint density at radius 2 is 2.35 bits per heavy atom. The minimum atomic E-state index is -0.233. The zero-order valence-corrected chi connectivity index (χ0v) is 12.2. The van der Waals surface area contributed by atoms with E-state index in [9.17, 15) is 4.79 Å². The lowest BCUT2D eigenvalue weighted by Gasteiger charge is -1.96. The number of hydrogen-bond donors (Lipinski definition) is 1. The summed E-state index contributed by atoms with van der Waals surface area (Å²) < 4.78 is 5.99. The summed E-state index contributed by atoms with van der Waals surface area (Å²) in [5, 5.41) is 8.13. The van der Waals surface area contributed by atoms with Crippen LogP contribution in [0.1, 0.15) is 35.9 Å². The maximum Gasteiger partial charge on any atom is 0.328 e. The average molecular weight is 363 g/mol. The molecule has 0 aliphatic rings. The third-order valence-corrected chi connectivity index (χ3v) is 3.80. The molecule has 0 saturated heterocycles. The maximum atomic E-state index is 11.8. The summed E-state index contributed by atoms with van der Waals surface area (Å²) in [4.78, 5) is 15.8. The van der Waals surface area contributed by atoms with E-state index in [2.05, 4.69) is 38.0 Å². The summed E-state index contributed by atoms with van der Waals surface area (Å²) >= 11 is 3.68. The highest BCUT2D eigenvalue weighted by Gasteiger charge is 2.14. The molecule has 0 fully saturated rings. The van der Waals surface area contributed by atoms with Crippen molar-refractivity contribution < 1.29 is 9.32 Å². The molecule has 0 bridgehead atoms. The summed E-state index contributed by atoms with van der Waals surface area (Å²) in [7, 11) is 0. The van der Waals surface area contributed by atoms with Crippen LogP contribution < -0.4 is 5.32 Å². The van der Waals surface area contributed by atoms with Crippen LogP contribution >= 0.6 is 33.9 Å². The summed E-state index contributed by atoms with van der Waals surface area (Å²) in [5.41, 5.74) is 0.601. The first-order valence-corrected chi connectivity index (χ1v) is 6.91. The number of nitrogens with zero attached hydrogens (tertiary/aromatic N) is 2. The van der Waals surface area contributed by atoms with Gasteiger partial charge < -0.3 is 4.52 Å². The van der Waals surface area contributed by atoms with E-state index in [1.165, 1.54) is 11.3 Å². The fourth-order valence-corrected chi connectivity index (χ4v) is 2.45. The van der Waals surface area contributed by atoms with Gasteiger partial charge in [-0.15, -0.1) is 11.3 Å². The number of carbonyl (C=O) groups is 1. The van der Waals surface area contributed by atoms with Gasteiger partial charge in [-0.1, -0.05) is 19.0 Å². The largest absolute Gasteiger partial charge is 0.328 e. The van der Waals surface area contributed by atoms with Crippen LogP contribution in [0.4, 0.5) is 6.01 Å². The van der Waals surface area contributed by atoms with Crippen LogP contribution in [0.25, 0.3) is 0 Å². The van der Waals surface area contributed by atoms with Crippen LogP contribution in [-0.4, -0.2) is 16.0 Å². The second-order valence-electron chi connectivity index (χ2n) is 3.71. The molecule has 2 aromatic heterocycles. The van der Waals surface area contributed by atoms with Gasteiger partial charge in [-0.2, -0.15) is 4.98 Å². The van der Waals surface area contributed by atoms with Crippen LogP contribution in [0, 0.1) is 2.88 Å². The van der Waals surface area contributed by atoms with Gasteiger partial charge in [-0.3, -0.25) is 10.1 Å². The van der Waals surface area contributed by atoms with Gasteiger partial charge in [0.05, 0.1) is 8.45 Å². The highest BCUT2D eigenvalue weighted by atomic mass is 127. The molecule has 1 amide bonds. The van der Waals surface area contributed by atoms with Gasteiger partial charge in [0, 0.05) is 11.3 Å². The quantitative estimate of drug-likeness (QED) is 0.851. The van der Waals surface area contributed by atoms with Crippen LogP contribution in [0.3, 0.4) is 0 Å². The molecule has 0 unspecified atom stereocenters. The van der Waals surface area contributed by atoms with E-state index in [4.69, 9.17) is 4.52 Å². The SMILES string of the molecule is CC(C)c1noc(NC(=O)c2csc(I)c2)n1. The molecule has 5 nitrogen and oxygen atoms in total. The van der Waals surface area contributed by atoms with E-state index >= 15 is 0 Å². The number of anilines is 1. The minimum Gasteiger partial charge on any atom is -0.315 e. The van der Waals surface area contributed by atoms with Crippen molar-refractivity contribution in [1.29, 1.82) is 0 Å².